The fourth-order valence-corrected chi connectivity index (χ4v) is 7.01. The fraction of sp³-hybridized carbons (Fsp3) is 0.100. The maximum absolute atomic E-state index is 14.1. The second kappa shape index (κ2) is 12.2. The van der Waals surface area contributed by atoms with Gasteiger partial charge in [0.2, 0.25) is 0 Å². The first-order valence-electron chi connectivity index (χ1n) is 15.6. The lowest BCUT2D eigenvalue weighted by atomic mass is 9.82. The van der Waals surface area contributed by atoms with Gasteiger partial charge in [-0.25, -0.2) is 0 Å². The van der Waals surface area contributed by atoms with Crippen molar-refractivity contribution < 1.29 is 25.8 Å². The molecule has 0 saturated carbocycles. The molecule has 0 unspecified atom stereocenters. The molecule has 1 aliphatic carbocycles. The Morgan fingerprint density at radius 1 is 0.531 bits per heavy atom. The molecule has 0 aliphatic heterocycles. The Hall–Kier alpha value is -5.54. The molecule has 246 valence electrons. The Balaban J connectivity index is 1.51. The summed E-state index contributed by atoms with van der Waals surface area (Å²) in [4.78, 5) is 3.41. The summed E-state index contributed by atoms with van der Waals surface area (Å²) < 4.78 is 73.3. The number of para-hydroxylation sites is 4. The van der Waals surface area contributed by atoms with Gasteiger partial charge in [-0.05, 0) is 82.9 Å². The second-order valence-electron chi connectivity index (χ2n) is 12.2. The lowest BCUT2D eigenvalue weighted by Gasteiger charge is -2.32. The molecule has 0 atom stereocenters. The third-order valence-electron chi connectivity index (χ3n) is 8.80. The van der Waals surface area contributed by atoms with E-state index in [1.807, 2.05) is 72.8 Å². The van der Waals surface area contributed by atoms with E-state index in [2.05, 4.69) is 26.0 Å². The molecular weight excluding hydrogens is 646 g/mol. The zero-order valence-electron chi connectivity index (χ0n) is 26.6. The van der Waals surface area contributed by atoms with Gasteiger partial charge in [0.15, 0.2) is 5.75 Å². The number of anilines is 6. The summed E-state index contributed by atoms with van der Waals surface area (Å²) >= 11 is 0. The van der Waals surface area contributed by atoms with E-state index >= 15 is 0 Å². The number of fused-ring (bicyclic) bond motifs is 3. The Bertz CT molecular complexity index is 2200. The van der Waals surface area contributed by atoms with E-state index in [-0.39, 0.29) is 16.8 Å². The van der Waals surface area contributed by atoms with Crippen LogP contribution < -0.4 is 14.0 Å². The van der Waals surface area contributed by atoms with Crippen molar-refractivity contribution in [1.29, 1.82) is 0 Å². The predicted octanol–water partition coefficient (Wildman–Crippen LogP) is 11.2. The van der Waals surface area contributed by atoms with E-state index in [0.717, 1.165) is 22.3 Å². The first kappa shape index (κ1) is 32.0. The third-order valence-corrected chi connectivity index (χ3v) is 9.75. The topological polar surface area (TPSA) is 49.9 Å². The van der Waals surface area contributed by atoms with E-state index in [9.17, 15) is 21.6 Å². The standard InChI is InChI=1S/C40H31F3N2O3S/c1-39(2)34-22-13-12-21-32(34)33-26-25-31(27-35(33)39)45(30-19-10-5-11-20-30)37-24-14-23-36(38(37)48-49(46,47)40(41,42)43)44(28-15-6-3-7-16-28)29-17-8-4-9-18-29/h3-27H,1-2H3. The zero-order chi connectivity index (χ0) is 34.4. The molecule has 1 aliphatic rings. The highest BCUT2D eigenvalue weighted by Crippen LogP contribution is 2.53. The molecule has 6 aromatic carbocycles. The summed E-state index contributed by atoms with van der Waals surface area (Å²) in [6, 6.07) is 46.0. The Kier molecular flexibility index (Phi) is 7.95. The molecule has 0 fully saturated rings. The zero-order valence-corrected chi connectivity index (χ0v) is 27.4. The highest BCUT2D eigenvalue weighted by molar-refractivity contribution is 7.88. The van der Waals surface area contributed by atoms with Crippen LogP contribution in [0.5, 0.6) is 5.75 Å². The molecule has 9 heteroatoms. The van der Waals surface area contributed by atoms with Gasteiger partial charge in [0.25, 0.3) is 0 Å². The SMILES string of the molecule is CC1(C)c2ccccc2-c2ccc(N(c3ccccc3)c3cccc(N(c4ccccc4)c4ccccc4)c3OS(=O)(=O)C(F)(F)F)cc21. The summed E-state index contributed by atoms with van der Waals surface area (Å²) in [5, 5.41) is 0. The average molecular weight is 677 g/mol. The summed E-state index contributed by atoms with van der Waals surface area (Å²) in [7, 11) is -6.11. The molecule has 0 amide bonds. The van der Waals surface area contributed by atoms with E-state index in [1.165, 1.54) is 0 Å². The molecule has 0 N–H and O–H groups in total. The molecule has 7 rings (SSSR count). The smallest absolute Gasteiger partial charge is 0.371 e. The maximum Gasteiger partial charge on any atom is 0.534 e. The lowest BCUT2D eigenvalue weighted by molar-refractivity contribution is -0.0499. The lowest BCUT2D eigenvalue weighted by Crippen LogP contribution is -2.29. The van der Waals surface area contributed by atoms with E-state index in [0.29, 0.717) is 22.7 Å². The fourth-order valence-electron chi connectivity index (χ4n) is 6.52. The van der Waals surface area contributed by atoms with Crippen molar-refractivity contribution in [2.24, 2.45) is 0 Å². The van der Waals surface area contributed by atoms with Gasteiger partial charge in [0.1, 0.15) is 0 Å². The van der Waals surface area contributed by atoms with E-state index in [4.69, 9.17) is 4.18 Å². The first-order valence-corrected chi connectivity index (χ1v) is 17.0. The Morgan fingerprint density at radius 2 is 0.980 bits per heavy atom. The van der Waals surface area contributed by atoms with Crippen LogP contribution in [0.1, 0.15) is 25.0 Å². The van der Waals surface area contributed by atoms with Crippen LogP contribution in [0.25, 0.3) is 11.1 Å². The van der Waals surface area contributed by atoms with Crippen molar-refractivity contribution >= 4 is 44.2 Å². The molecule has 5 nitrogen and oxygen atoms in total. The number of halogens is 3. The van der Waals surface area contributed by atoms with Crippen molar-refractivity contribution in [3.05, 3.63) is 163 Å². The Labute approximate surface area is 283 Å². The normalized spacial score (nSPS) is 13.3. The van der Waals surface area contributed by atoms with Gasteiger partial charge in [-0.1, -0.05) is 105 Å². The van der Waals surface area contributed by atoms with Crippen LogP contribution in [0.3, 0.4) is 0 Å². The Morgan fingerprint density at radius 3 is 1.49 bits per heavy atom. The monoisotopic (exact) mass is 676 g/mol. The summed E-state index contributed by atoms with van der Waals surface area (Å²) in [5.41, 5.74) is 0.888. The number of hydrogen-bond donors (Lipinski definition) is 0. The number of rotatable bonds is 8. The number of benzene rings is 6. The minimum atomic E-state index is -6.11. The molecular formula is C40H31F3N2O3S. The molecule has 49 heavy (non-hydrogen) atoms. The molecule has 6 aromatic rings. The highest BCUT2D eigenvalue weighted by Gasteiger charge is 2.49. The number of hydrogen-bond acceptors (Lipinski definition) is 5. The van der Waals surface area contributed by atoms with Crippen LogP contribution in [0.2, 0.25) is 0 Å². The van der Waals surface area contributed by atoms with Crippen molar-refractivity contribution in [2.45, 2.75) is 24.8 Å². The number of nitrogens with zero attached hydrogens (tertiary/aromatic N) is 2. The van der Waals surface area contributed by atoms with Crippen molar-refractivity contribution in [3.8, 4) is 16.9 Å². The van der Waals surface area contributed by atoms with Crippen molar-refractivity contribution in [2.75, 3.05) is 9.80 Å². The van der Waals surface area contributed by atoms with Gasteiger partial charge < -0.3 is 14.0 Å². The van der Waals surface area contributed by atoms with Crippen LogP contribution in [0.4, 0.5) is 47.3 Å². The quantitative estimate of drug-likeness (QED) is 0.119. The highest BCUT2D eigenvalue weighted by atomic mass is 32.2. The van der Waals surface area contributed by atoms with Gasteiger partial charge in [-0.3, -0.25) is 0 Å². The molecule has 0 spiro atoms. The largest absolute Gasteiger partial charge is 0.534 e. The minimum Gasteiger partial charge on any atom is -0.371 e. The van der Waals surface area contributed by atoms with Crippen LogP contribution in [0.15, 0.2) is 152 Å². The van der Waals surface area contributed by atoms with E-state index in [1.54, 1.807) is 76.5 Å². The van der Waals surface area contributed by atoms with Gasteiger partial charge in [-0.15, -0.1) is 0 Å². The van der Waals surface area contributed by atoms with Crippen molar-refractivity contribution in [1.82, 2.24) is 0 Å². The second-order valence-corrected chi connectivity index (χ2v) is 13.7. The van der Waals surface area contributed by atoms with Gasteiger partial charge in [0, 0.05) is 28.2 Å². The van der Waals surface area contributed by atoms with Crippen molar-refractivity contribution in [3.63, 3.8) is 0 Å². The van der Waals surface area contributed by atoms with Crippen LogP contribution in [-0.2, 0) is 15.5 Å². The van der Waals surface area contributed by atoms with Gasteiger partial charge >= 0.3 is 15.6 Å². The van der Waals surface area contributed by atoms with Crippen LogP contribution in [0, 0.1) is 0 Å². The molecule has 0 radical (unpaired) electrons. The van der Waals surface area contributed by atoms with Gasteiger partial charge in [-0.2, -0.15) is 21.6 Å². The molecule has 0 heterocycles. The van der Waals surface area contributed by atoms with Crippen LogP contribution >= 0.6 is 0 Å². The molecule has 0 saturated heterocycles. The summed E-state index contributed by atoms with van der Waals surface area (Å²) in [6.07, 6.45) is 0. The van der Waals surface area contributed by atoms with E-state index < -0.39 is 21.4 Å². The maximum atomic E-state index is 14.1. The van der Waals surface area contributed by atoms with Crippen LogP contribution in [-0.4, -0.2) is 13.9 Å². The summed E-state index contributed by atoms with van der Waals surface area (Å²) in [5.74, 6) is -0.487. The predicted molar refractivity (Wildman–Crippen MR) is 189 cm³/mol. The average Bonchev–Trinajstić information content (AvgIpc) is 3.33. The van der Waals surface area contributed by atoms with Gasteiger partial charge in [0.05, 0.1) is 11.4 Å². The summed E-state index contributed by atoms with van der Waals surface area (Å²) in [6.45, 7) is 4.27. The third kappa shape index (κ3) is 5.70. The first-order chi connectivity index (χ1) is 23.5. The number of alkyl halides is 3. The minimum absolute atomic E-state index is 0.0950. The molecule has 0 aromatic heterocycles. The molecule has 0 bridgehead atoms.